The molecule has 0 bridgehead atoms. The topological polar surface area (TPSA) is 73.4 Å². The summed E-state index contributed by atoms with van der Waals surface area (Å²) in [5.74, 6) is 0.720. The zero-order valence-electron chi connectivity index (χ0n) is 12.2. The molecule has 2 heterocycles. The van der Waals surface area contributed by atoms with Gasteiger partial charge in [-0.25, -0.2) is 0 Å². The maximum atomic E-state index is 12.7. The SMILES string of the molecule is Cc1nn(C)c(C(=O)N2CCOc3ccccc3C2)c1N. The van der Waals surface area contributed by atoms with E-state index in [1.807, 2.05) is 24.3 Å². The Hall–Kier alpha value is -2.50. The molecule has 1 amide bonds. The second-order valence-corrected chi connectivity index (χ2v) is 5.15. The lowest BCUT2D eigenvalue weighted by atomic mass is 10.2. The number of hydrogen-bond acceptors (Lipinski definition) is 4. The van der Waals surface area contributed by atoms with Crippen LogP contribution in [0.25, 0.3) is 0 Å². The van der Waals surface area contributed by atoms with Crippen LogP contribution < -0.4 is 10.5 Å². The Bertz CT molecular complexity index is 693. The number of ether oxygens (including phenoxy) is 1. The summed E-state index contributed by atoms with van der Waals surface area (Å²) < 4.78 is 7.23. The molecule has 3 rings (SSSR count). The summed E-state index contributed by atoms with van der Waals surface area (Å²) in [6, 6.07) is 7.77. The Labute approximate surface area is 123 Å². The summed E-state index contributed by atoms with van der Waals surface area (Å²) >= 11 is 0. The van der Waals surface area contributed by atoms with E-state index in [0.29, 0.717) is 36.8 Å². The molecule has 2 aromatic rings. The van der Waals surface area contributed by atoms with Crippen LogP contribution in [0.2, 0.25) is 0 Å². The molecule has 1 aromatic carbocycles. The van der Waals surface area contributed by atoms with Crippen LogP contribution in [-0.2, 0) is 13.6 Å². The zero-order chi connectivity index (χ0) is 15.0. The number of para-hydroxylation sites is 1. The lowest BCUT2D eigenvalue weighted by molar-refractivity contribution is 0.0723. The number of carbonyl (C=O) groups is 1. The van der Waals surface area contributed by atoms with E-state index in [2.05, 4.69) is 5.10 Å². The molecule has 0 aliphatic carbocycles. The maximum absolute atomic E-state index is 12.7. The molecular formula is C15H18N4O2. The lowest BCUT2D eigenvalue weighted by Crippen LogP contribution is -2.34. The van der Waals surface area contributed by atoms with Crippen molar-refractivity contribution in [1.82, 2.24) is 14.7 Å². The van der Waals surface area contributed by atoms with E-state index in [1.54, 1.807) is 23.6 Å². The Morgan fingerprint density at radius 1 is 1.38 bits per heavy atom. The van der Waals surface area contributed by atoms with Crippen LogP contribution in [0.3, 0.4) is 0 Å². The molecule has 0 radical (unpaired) electrons. The molecule has 0 saturated carbocycles. The molecule has 0 spiro atoms. The van der Waals surface area contributed by atoms with Crippen LogP contribution in [-0.4, -0.2) is 33.7 Å². The van der Waals surface area contributed by atoms with E-state index in [9.17, 15) is 4.79 Å². The number of carbonyl (C=O) groups excluding carboxylic acids is 1. The first-order valence-corrected chi connectivity index (χ1v) is 6.87. The number of aryl methyl sites for hydroxylation is 2. The largest absolute Gasteiger partial charge is 0.491 e. The highest BCUT2D eigenvalue weighted by molar-refractivity contribution is 5.98. The van der Waals surface area contributed by atoms with E-state index in [-0.39, 0.29) is 5.91 Å². The van der Waals surface area contributed by atoms with Crippen molar-refractivity contribution in [2.75, 3.05) is 18.9 Å². The van der Waals surface area contributed by atoms with Crippen molar-refractivity contribution in [2.24, 2.45) is 7.05 Å². The summed E-state index contributed by atoms with van der Waals surface area (Å²) in [5.41, 5.74) is 8.54. The van der Waals surface area contributed by atoms with E-state index in [1.165, 1.54) is 0 Å². The van der Waals surface area contributed by atoms with Gasteiger partial charge in [-0.2, -0.15) is 5.10 Å². The van der Waals surface area contributed by atoms with Gasteiger partial charge in [0.1, 0.15) is 18.1 Å². The highest BCUT2D eigenvalue weighted by Crippen LogP contribution is 2.25. The average Bonchev–Trinajstić information content (AvgIpc) is 2.66. The molecule has 1 aliphatic heterocycles. The van der Waals surface area contributed by atoms with Gasteiger partial charge in [-0.05, 0) is 13.0 Å². The van der Waals surface area contributed by atoms with Crippen LogP contribution in [0.1, 0.15) is 21.7 Å². The van der Waals surface area contributed by atoms with Gasteiger partial charge in [-0.1, -0.05) is 18.2 Å². The van der Waals surface area contributed by atoms with E-state index in [0.717, 1.165) is 11.3 Å². The molecule has 0 unspecified atom stereocenters. The second kappa shape index (κ2) is 5.12. The standard InChI is InChI=1S/C15H18N4O2/c1-10-13(16)14(18(2)17-10)15(20)19-7-8-21-12-6-4-3-5-11(12)9-19/h3-6H,7-9,16H2,1-2H3. The smallest absolute Gasteiger partial charge is 0.274 e. The highest BCUT2D eigenvalue weighted by atomic mass is 16.5. The number of anilines is 1. The molecule has 1 aromatic heterocycles. The van der Waals surface area contributed by atoms with E-state index in [4.69, 9.17) is 10.5 Å². The predicted octanol–water partition coefficient (Wildman–Crippen LogP) is 1.35. The molecule has 21 heavy (non-hydrogen) atoms. The molecule has 0 atom stereocenters. The summed E-state index contributed by atoms with van der Waals surface area (Å²) in [5, 5.41) is 4.21. The lowest BCUT2D eigenvalue weighted by Gasteiger charge is -2.20. The molecule has 1 aliphatic rings. The number of nitrogens with two attached hydrogens (primary N) is 1. The fourth-order valence-electron chi connectivity index (χ4n) is 2.58. The Morgan fingerprint density at radius 3 is 2.86 bits per heavy atom. The van der Waals surface area contributed by atoms with Crippen LogP contribution in [0.4, 0.5) is 5.69 Å². The Kier molecular flexibility index (Phi) is 3.29. The first-order chi connectivity index (χ1) is 10.1. The van der Waals surface area contributed by atoms with Crippen molar-refractivity contribution in [3.05, 3.63) is 41.2 Å². The number of amides is 1. The monoisotopic (exact) mass is 286 g/mol. The van der Waals surface area contributed by atoms with Crippen LogP contribution in [0, 0.1) is 6.92 Å². The van der Waals surface area contributed by atoms with Crippen molar-refractivity contribution < 1.29 is 9.53 Å². The normalized spacial score (nSPS) is 14.3. The molecule has 2 N–H and O–H groups in total. The molecular weight excluding hydrogens is 268 g/mol. The van der Waals surface area contributed by atoms with Gasteiger partial charge in [0.2, 0.25) is 0 Å². The molecule has 6 heteroatoms. The van der Waals surface area contributed by atoms with Gasteiger partial charge in [0, 0.05) is 19.2 Å². The van der Waals surface area contributed by atoms with Gasteiger partial charge in [-0.15, -0.1) is 0 Å². The quantitative estimate of drug-likeness (QED) is 0.858. The van der Waals surface area contributed by atoms with E-state index >= 15 is 0 Å². The third-order valence-electron chi connectivity index (χ3n) is 3.71. The van der Waals surface area contributed by atoms with Gasteiger partial charge in [0.15, 0.2) is 0 Å². The fraction of sp³-hybridized carbons (Fsp3) is 0.333. The minimum atomic E-state index is -0.115. The van der Waals surface area contributed by atoms with Crippen LogP contribution in [0.5, 0.6) is 5.75 Å². The number of fused-ring (bicyclic) bond motifs is 1. The van der Waals surface area contributed by atoms with Crippen LogP contribution in [0.15, 0.2) is 24.3 Å². The average molecular weight is 286 g/mol. The minimum absolute atomic E-state index is 0.115. The Balaban J connectivity index is 1.92. The van der Waals surface area contributed by atoms with Gasteiger partial charge < -0.3 is 15.4 Å². The molecule has 6 nitrogen and oxygen atoms in total. The Morgan fingerprint density at radius 2 is 2.14 bits per heavy atom. The number of aromatic nitrogens is 2. The number of hydrogen-bond donors (Lipinski definition) is 1. The molecule has 110 valence electrons. The zero-order valence-corrected chi connectivity index (χ0v) is 12.2. The minimum Gasteiger partial charge on any atom is -0.491 e. The molecule has 0 saturated heterocycles. The van der Waals surface area contributed by atoms with Gasteiger partial charge in [0.25, 0.3) is 5.91 Å². The number of benzene rings is 1. The summed E-state index contributed by atoms with van der Waals surface area (Å²) in [6.07, 6.45) is 0. The second-order valence-electron chi connectivity index (χ2n) is 5.15. The van der Waals surface area contributed by atoms with Crippen molar-refractivity contribution >= 4 is 11.6 Å². The highest BCUT2D eigenvalue weighted by Gasteiger charge is 2.26. The van der Waals surface area contributed by atoms with Crippen molar-refractivity contribution in [3.8, 4) is 5.75 Å². The van der Waals surface area contributed by atoms with Crippen molar-refractivity contribution in [2.45, 2.75) is 13.5 Å². The fourth-order valence-corrected chi connectivity index (χ4v) is 2.58. The van der Waals surface area contributed by atoms with E-state index < -0.39 is 0 Å². The van der Waals surface area contributed by atoms with Gasteiger partial charge in [0.05, 0.1) is 17.9 Å². The van der Waals surface area contributed by atoms with Crippen molar-refractivity contribution in [3.63, 3.8) is 0 Å². The number of nitrogen functional groups attached to an aromatic ring is 1. The van der Waals surface area contributed by atoms with Crippen molar-refractivity contribution in [1.29, 1.82) is 0 Å². The molecule has 0 fully saturated rings. The van der Waals surface area contributed by atoms with Gasteiger partial charge >= 0.3 is 0 Å². The first kappa shape index (κ1) is 13.5. The number of rotatable bonds is 1. The maximum Gasteiger partial charge on any atom is 0.274 e. The predicted molar refractivity (Wildman–Crippen MR) is 79.0 cm³/mol. The first-order valence-electron chi connectivity index (χ1n) is 6.87. The van der Waals surface area contributed by atoms with Crippen LogP contribution >= 0.6 is 0 Å². The van der Waals surface area contributed by atoms with Gasteiger partial charge in [-0.3, -0.25) is 9.48 Å². The summed E-state index contributed by atoms with van der Waals surface area (Å²) in [7, 11) is 1.73. The third-order valence-corrected chi connectivity index (χ3v) is 3.71. The third kappa shape index (κ3) is 2.33. The number of nitrogens with zero attached hydrogens (tertiary/aromatic N) is 3. The summed E-state index contributed by atoms with van der Waals surface area (Å²) in [6.45, 7) is 3.31. The summed E-state index contributed by atoms with van der Waals surface area (Å²) in [4.78, 5) is 14.5.